The minimum atomic E-state index is -0.260. The van der Waals surface area contributed by atoms with Crippen molar-refractivity contribution in [1.29, 1.82) is 0 Å². The molecular weight excluding hydrogens is 424 g/mol. The number of nitrogens with one attached hydrogen (secondary N) is 2. The second-order valence-electron chi connectivity index (χ2n) is 7.84. The van der Waals surface area contributed by atoms with Gasteiger partial charge in [0.1, 0.15) is 17.8 Å². The van der Waals surface area contributed by atoms with Gasteiger partial charge in [0.2, 0.25) is 0 Å². The lowest BCUT2D eigenvalue weighted by Gasteiger charge is -2.31. The van der Waals surface area contributed by atoms with Crippen LogP contribution in [0.4, 0.5) is 0 Å². The number of hydrogen-bond donors (Lipinski definition) is 2. The number of benzene rings is 1. The second-order valence-corrected chi connectivity index (χ2v) is 7.84. The standard InChI is InChI=1S/C22H22N8O3/c31-21(23-13-18-5-2-10-33-18)20-12-19(25-26-20)15-6-8-29(9-7-15)22(32)16-3-1-4-17(11-16)30-14-24-27-28-30/h1-5,10-12,14-15H,6-9,13H2,(H,23,31)(H,25,26). The molecule has 0 radical (unpaired) electrons. The summed E-state index contributed by atoms with van der Waals surface area (Å²) in [5, 5.41) is 21.1. The molecule has 0 bridgehead atoms. The number of piperidine rings is 1. The van der Waals surface area contributed by atoms with Crippen LogP contribution in [0.2, 0.25) is 0 Å². The van der Waals surface area contributed by atoms with Gasteiger partial charge in [-0.05, 0) is 59.7 Å². The highest BCUT2D eigenvalue weighted by Crippen LogP contribution is 2.28. The van der Waals surface area contributed by atoms with Crippen LogP contribution in [-0.2, 0) is 6.54 Å². The Morgan fingerprint density at radius 3 is 2.79 bits per heavy atom. The van der Waals surface area contributed by atoms with E-state index in [4.69, 9.17) is 4.42 Å². The first kappa shape index (κ1) is 20.6. The Balaban J connectivity index is 1.17. The third-order valence-corrected chi connectivity index (χ3v) is 5.76. The number of carbonyl (C=O) groups excluding carboxylic acids is 2. The molecule has 2 amide bonds. The number of likely N-dealkylation sites (tertiary alicyclic amines) is 1. The summed E-state index contributed by atoms with van der Waals surface area (Å²) in [6.45, 7) is 1.55. The largest absolute Gasteiger partial charge is 0.467 e. The molecule has 0 saturated carbocycles. The van der Waals surface area contributed by atoms with Gasteiger partial charge in [-0.3, -0.25) is 14.7 Å². The summed E-state index contributed by atoms with van der Waals surface area (Å²) >= 11 is 0. The van der Waals surface area contributed by atoms with Crippen molar-refractivity contribution in [2.45, 2.75) is 25.3 Å². The van der Waals surface area contributed by atoms with Crippen LogP contribution >= 0.6 is 0 Å². The summed E-state index contributed by atoms with van der Waals surface area (Å²) in [6.07, 6.45) is 4.63. The minimum absolute atomic E-state index is 0.0222. The molecule has 11 heteroatoms. The van der Waals surface area contributed by atoms with E-state index in [0.717, 1.165) is 24.2 Å². The Kier molecular flexibility index (Phi) is 5.66. The van der Waals surface area contributed by atoms with Crippen molar-refractivity contribution in [3.8, 4) is 5.69 Å². The molecule has 1 fully saturated rings. The Hall–Kier alpha value is -4.28. The summed E-state index contributed by atoms with van der Waals surface area (Å²) in [5.41, 5.74) is 2.58. The van der Waals surface area contributed by atoms with E-state index < -0.39 is 0 Å². The van der Waals surface area contributed by atoms with Crippen molar-refractivity contribution in [2.75, 3.05) is 13.1 Å². The molecule has 0 unspecified atom stereocenters. The van der Waals surface area contributed by atoms with Gasteiger partial charge in [-0.2, -0.15) is 5.10 Å². The Bertz CT molecular complexity index is 1220. The van der Waals surface area contributed by atoms with Gasteiger partial charge in [-0.25, -0.2) is 4.68 Å². The molecule has 4 heterocycles. The van der Waals surface area contributed by atoms with Gasteiger partial charge in [0.15, 0.2) is 0 Å². The lowest BCUT2D eigenvalue weighted by atomic mass is 9.93. The third-order valence-electron chi connectivity index (χ3n) is 5.76. The maximum Gasteiger partial charge on any atom is 0.272 e. The fourth-order valence-electron chi connectivity index (χ4n) is 3.97. The minimum Gasteiger partial charge on any atom is -0.467 e. The van der Waals surface area contributed by atoms with Crippen LogP contribution in [0.5, 0.6) is 0 Å². The predicted octanol–water partition coefficient (Wildman–Crippen LogP) is 1.93. The summed E-state index contributed by atoms with van der Waals surface area (Å²) in [6, 6.07) is 12.6. The van der Waals surface area contributed by atoms with E-state index in [2.05, 4.69) is 31.0 Å². The zero-order valence-corrected chi connectivity index (χ0v) is 17.7. The molecule has 4 aromatic rings. The summed E-state index contributed by atoms with van der Waals surface area (Å²) < 4.78 is 6.74. The molecule has 168 valence electrons. The SMILES string of the molecule is O=C(NCc1ccco1)c1cc(C2CCN(C(=O)c3cccc(-n4cnnn4)c3)CC2)[nH]n1. The lowest BCUT2D eigenvalue weighted by molar-refractivity contribution is 0.0712. The van der Waals surface area contributed by atoms with Gasteiger partial charge in [-0.15, -0.1) is 5.10 Å². The molecular formula is C22H22N8O3. The van der Waals surface area contributed by atoms with Gasteiger partial charge in [0.05, 0.1) is 18.5 Å². The van der Waals surface area contributed by atoms with Crippen LogP contribution in [0, 0.1) is 0 Å². The number of hydrogen-bond acceptors (Lipinski definition) is 7. The van der Waals surface area contributed by atoms with Crippen LogP contribution in [-0.4, -0.2) is 60.2 Å². The fraction of sp³-hybridized carbons (Fsp3) is 0.273. The van der Waals surface area contributed by atoms with Crippen molar-refractivity contribution in [3.05, 3.63) is 77.8 Å². The third kappa shape index (κ3) is 4.52. The van der Waals surface area contributed by atoms with E-state index in [0.29, 0.717) is 36.7 Å². The van der Waals surface area contributed by atoms with Crippen molar-refractivity contribution in [1.82, 2.24) is 40.6 Å². The van der Waals surface area contributed by atoms with E-state index >= 15 is 0 Å². The van der Waals surface area contributed by atoms with Gasteiger partial charge in [0, 0.05) is 30.3 Å². The molecule has 1 saturated heterocycles. The van der Waals surface area contributed by atoms with Gasteiger partial charge < -0.3 is 14.6 Å². The highest BCUT2D eigenvalue weighted by atomic mass is 16.3. The highest BCUT2D eigenvalue weighted by molar-refractivity contribution is 5.95. The molecule has 0 spiro atoms. The first-order chi connectivity index (χ1) is 16.2. The van der Waals surface area contributed by atoms with Gasteiger partial charge in [0.25, 0.3) is 11.8 Å². The Labute approximate surface area is 188 Å². The molecule has 1 aliphatic rings. The molecule has 0 atom stereocenters. The fourth-order valence-corrected chi connectivity index (χ4v) is 3.97. The normalized spacial score (nSPS) is 14.4. The van der Waals surface area contributed by atoms with Crippen LogP contribution < -0.4 is 5.32 Å². The summed E-state index contributed by atoms with van der Waals surface area (Å²) in [4.78, 5) is 27.2. The quantitative estimate of drug-likeness (QED) is 0.462. The highest BCUT2D eigenvalue weighted by Gasteiger charge is 2.26. The van der Waals surface area contributed by atoms with Crippen molar-refractivity contribution in [3.63, 3.8) is 0 Å². The molecule has 2 N–H and O–H groups in total. The first-order valence-electron chi connectivity index (χ1n) is 10.7. The number of furan rings is 1. The molecule has 3 aromatic heterocycles. The summed E-state index contributed by atoms with van der Waals surface area (Å²) in [7, 11) is 0. The molecule has 33 heavy (non-hydrogen) atoms. The zero-order chi connectivity index (χ0) is 22.6. The number of tetrazole rings is 1. The number of aromatic nitrogens is 6. The zero-order valence-electron chi connectivity index (χ0n) is 17.7. The van der Waals surface area contributed by atoms with E-state index in [1.165, 1.54) is 11.0 Å². The topological polar surface area (TPSA) is 135 Å². The van der Waals surface area contributed by atoms with Gasteiger partial charge >= 0.3 is 0 Å². The average molecular weight is 446 g/mol. The van der Waals surface area contributed by atoms with Crippen LogP contribution in [0.3, 0.4) is 0 Å². The summed E-state index contributed by atoms with van der Waals surface area (Å²) in [5.74, 6) is 0.607. The van der Waals surface area contributed by atoms with Crippen molar-refractivity contribution < 1.29 is 14.0 Å². The smallest absolute Gasteiger partial charge is 0.272 e. The molecule has 5 rings (SSSR count). The van der Waals surface area contributed by atoms with E-state index in [9.17, 15) is 9.59 Å². The number of amides is 2. The van der Waals surface area contributed by atoms with Crippen LogP contribution in [0.1, 0.15) is 51.1 Å². The lowest BCUT2D eigenvalue weighted by Crippen LogP contribution is -2.38. The van der Waals surface area contributed by atoms with E-state index in [-0.39, 0.29) is 17.7 Å². The first-order valence-corrected chi connectivity index (χ1v) is 10.7. The molecule has 11 nitrogen and oxygen atoms in total. The molecule has 1 aliphatic heterocycles. The number of H-pyrrole nitrogens is 1. The molecule has 0 aliphatic carbocycles. The maximum absolute atomic E-state index is 13.0. The number of nitrogens with zero attached hydrogens (tertiary/aromatic N) is 6. The van der Waals surface area contributed by atoms with Gasteiger partial charge in [-0.1, -0.05) is 6.07 Å². The predicted molar refractivity (Wildman–Crippen MR) is 115 cm³/mol. The van der Waals surface area contributed by atoms with Crippen molar-refractivity contribution >= 4 is 11.8 Å². The number of aromatic amines is 1. The van der Waals surface area contributed by atoms with E-state index in [1.807, 2.05) is 17.0 Å². The van der Waals surface area contributed by atoms with Crippen LogP contribution in [0.15, 0.2) is 59.5 Å². The Morgan fingerprint density at radius 1 is 1.15 bits per heavy atom. The number of rotatable bonds is 6. The maximum atomic E-state index is 13.0. The molecule has 1 aromatic carbocycles. The monoisotopic (exact) mass is 446 g/mol. The Morgan fingerprint density at radius 2 is 2.03 bits per heavy atom. The average Bonchev–Trinajstić information content (AvgIpc) is 3.65. The number of carbonyl (C=O) groups is 2. The van der Waals surface area contributed by atoms with Crippen LogP contribution in [0.25, 0.3) is 5.69 Å². The second kappa shape index (κ2) is 9.07. The van der Waals surface area contributed by atoms with E-state index in [1.54, 1.807) is 36.6 Å². The van der Waals surface area contributed by atoms with Crippen molar-refractivity contribution in [2.24, 2.45) is 0 Å².